The van der Waals surface area contributed by atoms with Crippen molar-refractivity contribution in [2.75, 3.05) is 0 Å². The van der Waals surface area contributed by atoms with E-state index in [1.54, 1.807) is 0 Å². The van der Waals surface area contributed by atoms with E-state index in [1.165, 1.54) is 24.8 Å². The highest BCUT2D eigenvalue weighted by Crippen LogP contribution is 2.29. The van der Waals surface area contributed by atoms with Crippen LogP contribution < -0.4 is 0 Å². The van der Waals surface area contributed by atoms with E-state index in [2.05, 4.69) is 31.2 Å². The first kappa shape index (κ1) is 12.4. The minimum atomic E-state index is -0.343. The van der Waals surface area contributed by atoms with Crippen LogP contribution in [0.5, 0.6) is 0 Å². The number of hydrogen-bond donors (Lipinski definition) is 1. The molecular weight excluding hydrogens is 208 g/mol. The normalized spacial score (nSPS) is 24.7. The van der Waals surface area contributed by atoms with Crippen LogP contribution >= 0.6 is 0 Å². The van der Waals surface area contributed by atoms with E-state index in [0.717, 1.165) is 18.4 Å². The molecule has 2 rings (SSSR count). The van der Waals surface area contributed by atoms with Crippen LogP contribution in [0, 0.1) is 12.8 Å². The van der Waals surface area contributed by atoms with Gasteiger partial charge >= 0.3 is 0 Å². The zero-order chi connectivity index (χ0) is 12.1. The van der Waals surface area contributed by atoms with Crippen LogP contribution in [0.1, 0.15) is 49.3 Å². The van der Waals surface area contributed by atoms with Gasteiger partial charge in [0, 0.05) is 5.92 Å². The molecule has 0 fully saturated rings. The first-order valence-corrected chi connectivity index (χ1v) is 6.68. The third-order valence-electron chi connectivity index (χ3n) is 3.62. The summed E-state index contributed by atoms with van der Waals surface area (Å²) in [5.74, 6) is 0.290. The summed E-state index contributed by atoms with van der Waals surface area (Å²) in [6.07, 6.45) is 10.2. The SMILES string of the molecule is Cc1ccc([C@@H](O)[C@@H]2/C=C\CCCCC2)cc1. The highest BCUT2D eigenvalue weighted by molar-refractivity contribution is 5.24. The van der Waals surface area contributed by atoms with Gasteiger partial charge in [0.25, 0.3) is 0 Å². The van der Waals surface area contributed by atoms with E-state index >= 15 is 0 Å². The van der Waals surface area contributed by atoms with Crippen LogP contribution in [0.25, 0.3) is 0 Å². The molecule has 1 heteroatoms. The molecule has 0 heterocycles. The van der Waals surface area contributed by atoms with Crippen LogP contribution in [0.3, 0.4) is 0 Å². The van der Waals surface area contributed by atoms with Crippen molar-refractivity contribution in [3.63, 3.8) is 0 Å². The molecule has 1 aromatic carbocycles. The molecule has 1 nitrogen and oxygen atoms in total. The van der Waals surface area contributed by atoms with Crippen LogP contribution in [-0.4, -0.2) is 5.11 Å². The van der Waals surface area contributed by atoms with Gasteiger partial charge in [0.2, 0.25) is 0 Å². The highest BCUT2D eigenvalue weighted by Gasteiger charge is 2.18. The van der Waals surface area contributed by atoms with E-state index in [1.807, 2.05) is 12.1 Å². The van der Waals surface area contributed by atoms with Crippen LogP contribution in [-0.2, 0) is 0 Å². The summed E-state index contributed by atoms with van der Waals surface area (Å²) >= 11 is 0. The number of rotatable bonds is 2. The van der Waals surface area contributed by atoms with Gasteiger partial charge in [-0.05, 0) is 31.7 Å². The monoisotopic (exact) mass is 230 g/mol. The molecule has 0 saturated heterocycles. The summed E-state index contributed by atoms with van der Waals surface area (Å²) in [4.78, 5) is 0. The molecule has 92 valence electrons. The van der Waals surface area contributed by atoms with Crippen LogP contribution in [0.2, 0.25) is 0 Å². The van der Waals surface area contributed by atoms with Crippen molar-refractivity contribution in [2.45, 2.75) is 45.1 Å². The fraction of sp³-hybridized carbons (Fsp3) is 0.500. The van der Waals surface area contributed by atoms with Crippen molar-refractivity contribution < 1.29 is 5.11 Å². The zero-order valence-corrected chi connectivity index (χ0v) is 10.6. The lowest BCUT2D eigenvalue weighted by atomic mass is 9.88. The third-order valence-corrected chi connectivity index (χ3v) is 3.62. The van der Waals surface area contributed by atoms with E-state index in [4.69, 9.17) is 0 Å². The Morgan fingerprint density at radius 2 is 1.88 bits per heavy atom. The molecular formula is C16H22O. The predicted octanol–water partition coefficient (Wildman–Crippen LogP) is 4.16. The molecule has 1 N–H and O–H groups in total. The number of hydrogen-bond acceptors (Lipinski definition) is 1. The quantitative estimate of drug-likeness (QED) is 0.756. The average Bonchev–Trinajstić information content (AvgIpc) is 2.29. The standard InChI is InChI=1S/C16H22O/c1-13-9-11-15(12-10-13)16(17)14-7-5-3-2-4-6-8-14/h5,7,9-12,14,16-17H,2-4,6,8H2,1H3/b7-5-/t14-,16+/m1/s1. The minimum Gasteiger partial charge on any atom is -0.388 e. The molecule has 0 spiro atoms. The molecule has 0 aromatic heterocycles. The molecule has 0 radical (unpaired) electrons. The van der Waals surface area contributed by atoms with Crippen molar-refractivity contribution in [1.82, 2.24) is 0 Å². The molecule has 0 amide bonds. The smallest absolute Gasteiger partial charge is 0.0852 e. The lowest BCUT2D eigenvalue weighted by Gasteiger charge is -2.21. The number of allylic oxidation sites excluding steroid dienone is 1. The summed E-state index contributed by atoms with van der Waals surface area (Å²) in [5.41, 5.74) is 2.29. The first-order chi connectivity index (χ1) is 8.27. The number of aliphatic hydroxyl groups excluding tert-OH is 1. The number of benzene rings is 1. The zero-order valence-electron chi connectivity index (χ0n) is 10.6. The Kier molecular flexibility index (Phi) is 4.38. The van der Waals surface area contributed by atoms with E-state index in [0.29, 0.717) is 0 Å². The Bertz CT molecular complexity index is 364. The first-order valence-electron chi connectivity index (χ1n) is 6.68. The largest absolute Gasteiger partial charge is 0.388 e. The molecule has 17 heavy (non-hydrogen) atoms. The van der Waals surface area contributed by atoms with Gasteiger partial charge in [-0.25, -0.2) is 0 Å². The lowest BCUT2D eigenvalue weighted by molar-refractivity contribution is 0.124. The van der Waals surface area contributed by atoms with E-state index in [9.17, 15) is 5.11 Å². The predicted molar refractivity (Wildman–Crippen MR) is 71.9 cm³/mol. The van der Waals surface area contributed by atoms with E-state index in [-0.39, 0.29) is 12.0 Å². The number of aryl methyl sites for hydroxylation is 1. The Hall–Kier alpha value is -1.08. The molecule has 2 atom stereocenters. The van der Waals surface area contributed by atoms with Gasteiger partial charge in [-0.3, -0.25) is 0 Å². The van der Waals surface area contributed by atoms with E-state index < -0.39 is 0 Å². The maximum Gasteiger partial charge on any atom is 0.0852 e. The second-order valence-electron chi connectivity index (χ2n) is 5.09. The second-order valence-corrected chi connectivity index (χ2v) is 5.09. The van der Waals surface area contributed by atoms with Gasteiger partial charge < -0.3 is 5.11 Å². The van der Waals surface area contributed by atoms with Crippen molar-refractivity contribution in [3.05, 3.63) is 47.5 Å². The van der Waals surface area contributed by atoms with Gasteiger partial charge in [-0.15, -0.1) is 0 Å². The van der Waals surface area contributed by atoms with Crippen molar-refractivity contribution in [2.24, 2.45) is 5.92 Å². The summed E-state index contributed by atoms with van der Waals surface area (Å²) in [6, 6.07) is 8.25. The molecule has 0 unspecified atom stereocenters. The minimum absolute atomic E-state index is 0.290. The molecule has 0 aliphatic heterocycles. The molecule has 1 aliphatic carbocycles. The van der Waals surface area contributed by atoms with Crippen molar-refractivity contribution >= 4 is 0 Å². The Morgan fingerprint density at radius 1 is 1.12 bits per heavy atom. The van der Waals surface area contributed by atoms with Crippen LogP contribution in [0.15, 0.2) is 36.4 Å². The lowest BCUT2D eigenvalue weighted by Crippen LogP contribution is -2.11. The summed E-state index contributed by atoms with van der Waals surface area (Å²) < 4.78 is 0. The molecule has 1 aromatic rings. The van der Waals surface area contributed by atoms with Gasteiger partial charge in [-0.1, -0.05) is 54.8 Å². The third kappa shape index (κ3) is 3.44. The molecule has 0 saturated carbocycles. The number of aliphatic hydroxyl groups is 1. The Labute approximate surface area is 104 Å². The Balaban J connectivity index is 2.09. The fourth-order valence-corrected chi connectivity index (χ4v) is 2.46. The average molecular weight is 230 g/mol. The Morgan fingerprint density at radius 3 is 2.65 bits per heavy atom. The molecule has 0 bridgehead atoms. The highest BCUT2D eigenvalue weighted by atomic mass is 16.3. The summed E-state index contributed by atoms with van der Waals surface area (Å²) in [5, 5.41) is 10.4. The van der Waals surface area contributed by atoms with Gasteiger partial charge in [0.15, 0.2) is 0 Å². The summed E-state index contributed by atoms with van der Waals surface area (Å²) in [6.45, 7) is 2.08. The van der Waals surface area contributed by atoms with Gasteiger partial charge in [-0.2, -0.15) is 0 Å². The fourth-order valence-electron chi connectivity index (χ4n) is 2.46. The van der Waals surface area contributed by atoms with Crippen molar-refractivity contribution in [3.8, 4) is 0 Å². The van der Waals surface area contributed by atoms with Gasteiger partial charge in [0.1, 0.15) is 0 Å². The maximum absolute atomic E-state index is 10.4. The topological polar surface area (TPSA) is 20.2 Å². The van der Waals surface area contributed by atoms with Crippen molar-refractivity contribution in [1.29, 1.82) is 0 Å². The van der Waals surface area contributed by atoms with Gasteiger partial charge in [0.05, 0.1) is 6.10 Å². The summed E-state index contributed by atoms with van der Waals surface area (Å²) in [7, 11) is 0. The molecule has 1 aliphatic rings. The maximum atomic E-state index is 10.4. The van der Waals surface area contributed by atoms with Crippen LogP contribution in [0.4, 0.5) is 0 Å². The second kappa shape index (κ2) is 6.02.